The van der Waals surface area contributed by atoms with Gasteiger partial charge in [-0.1, -0.05) is 13.8 Å². The van der Waals surface area contributed by atoms with Crippen LogP contribution in [0.15, 0.2) is 5.03 Å². The molecule has 1 aromatic rings. The summed E-state index contributed by atoms with van der Waals surface area (Å²) in [5.41, 5.74) is 8.01. The molecule has 1 aromatic heterocycles. The summed E-state index contributed by atoms with van der Waals surface area (Å²) in [5, 5.41) is 1.16. The van der Waals surface area contributed by atoms with E-state index in [9.17, 15) is 0 Å². The summed E-state index contributed by atoms with van der Waals surface area (Å²) in [6.07, 6.45) is 6.71. The lowest BCUT2D eigenvalue weighted by Crippen LogP contribution is -2.10. The van der Waals surface area contributed by atoms with Gasteiger partial charge in [-0.25, -0.2) is 20.0 Å². The normalized spacial score (nSPS) is 13.3. The molecule has 0 aliphatic carbocycles. The Labute approximate surface area is 93.8 Å². The molecule has 1 rings (SSSR count). The smallest absolute Gasteiger partial charge is 0.221 e. The Morgan fingerprint density at radius 1 is 1.13 bits per heavy atom. The van der Waals surface area contributed by atoms with Gasteiger partial charge in [-0.3, -0.25) is 0 Å². The molecule has 0 radical (unpaired) electrons. The van der Waals surface area contributed by atoms with Crippen LogP contribution in [0.3, 0.4) is 0 Å². The van der Waals surface area contributed by atoms with Gasteiger partial charge in [0.25, 0.3) is 0 Å². The van der Waals surface area contributed by atoms with E-state index in [1.54, 1.807) is 0 Å². The van der Waals surface area contributed by atoms with E-state index in [2.05, 4.69) is 42.6 Å². The van der Waals surface area contributed by atoms with Crippen molar-refractivity contribution < 1.29 is 0 Å². The molecule has 0 unspecified atom stereocenters. The van der Waals surface area contributed by atoms with Crippen molar-refractivity contribution in [3.05, 3.63) is 11.3 Å². The topological polar surface area (TPSA) is 51.8 Å². The maximum atomic E-state index is 5.72. The maximum absolute atomic E-state index is 5.72. The quantitative estimate of drug-likeness (QED) is 0.790. The highest BCUT2D eigenvalue weighted by atomic mass is 32.3. The average molecular weight is 227 g/mol. The lowest BCUT2D eigenvalue weighted by atomic mass is 10.0. The van der Waals surface area contributed by atoms with Crippen LogP contribution in [0.5, 0.6) is 0 Å². The van der Waals surface area contributed by atoms with Crippen LogP contribution in [0.25, 0.3) is 0 Å². The van der Waals surface area contributed by atoms with Crippen molar-refractivity contribution in [2.24, 2.45) is 0 Å². The van der Waals surface area contributed by atoms with Crippen LogP contribution >= 0.6 is 10.0 Å². The van der Waals surface area contributed by atoms with Gasteiger partial charge in [0.15, 0.2) is 0 Å². The van der Waals surface area contributed by atoms with E-state index in [0.29, 0.717) is 11.9 Å². The van der Waals surface area contributed by atoms with Crippen molar-refractivity contribution in [3.63, 3.8) is 0 Å². The van der Waals surface area contributed by atoms with E-state index in [0.717, 1.165) is 10.7 Å². The van der Waals surface area contributed by atoms with Crippen LogP contribution in [0.1, 0.15) is 31.0 Å². The highest BCUT2D eigenvalue weighted by Gasteiger charge is 2.20. The van der Waals surface area contributed by atoms with E-state index in [-0.39, 0.29) is 0 Å². The molecule has 0 spiro atoms. The predicted molar refractivity (Wildman–Crippen MR) is 68.9 cm³/mol. The molecule has 0 aromatic carbocycles. The van der Waals surface area contributed by atoms with E-state index in [4.69, 9.17) is 5.73 Å². The largest absolute Gasteiger partial charge is 0.368 e. The van der Waals surface area contributed by atoms with Gasteiger partial charge in [-0.2, -0.15) is 0 Å². The molecular weight excluding hydrogens is 206 g/mol. The second kappa shape index (κ2) is 4.00. The minimum Gasteiger partial charge on any atom is -0.368 e. The summed E-state index contributed by atoms with van der Waals surface area (Å²) in [4.78, 5) is 8.68. The van der Waals surface area contributed by atoms with Crippen LogP contribution in [0, 0.1) is 6.92 Å². The SMILES string of the molecule is Cc1nc(N)nc(S(C)(C)C)c1C(C)C. The fourth-order valence-electron chi connectivity index (χ4n) is 1.71. The monoisotopic (exact) mass is 227 g/mol. The molecule has 0 atom stereocenters. The van der Waals surface area contributed by atoms with Crippen molar-refractivity contribution in [1.82, 2.24) is 9.97 Å². The van der Waals surface area contributed by atoms with Gasteiger partial charge in [0.05, 0.1) is 5.03 Å². The zero-order chi connectivity index (χ0) is 11.8. The molecule has 0 aliphatic rings. The fourth-order valence-corrected chi connectivity index (χ4v) is 3.12. The molecule has 0 fully saturated rings. The number of anilines is 1. The summed E-state index contributed by atoms with van der Waals surface area (Å²) >= 11 is 0. The summed E-state index contributed by atoms with van der Waals surface area (Å²) < 4.78 is 0. The van der Waals surface area contributed by atoms with Gasteiger partial charge in [-0.05, 0) is 31.6 Å². The zero-order valence-corrected chi connectivity index (χ0v) is 11.3. The average Bonchev–Trinajstić information content (AvgIpc) is 1.99. The summed E-state index contributed by atoms with van der Waals surface area (Å²) in [7, 11) is -0.855. The summed E-state index contributed by atoms with van der Waals surface area (Å²) in [5.74, 6) is 0.849. The Kier molecular flexibility index (Phi) is 3.28. The van der Waals surface area contributed by atoms with E-state index < -0.39 is 10.0 Å². The number of aromatic nitrogens is 2. The van der Waals surface area contributed by atoms with Gasteiger partial charge in [0.2, 0.25) is 5.95 Å². The first-order chi connectivity index (χ1) is 6.73. The minimum atomic E-state index is -0.855. The van der Waals surface area contributed by atoms with Crippen molar-refractivity contribution in [2.45, 2.75) is 31.7 Å². The van der Waals surface area contributed by atoms with Gasteiger partial charge in [-0.15, -0.1) is 0 Å². The zero-order valence-electron chi connectivity index (χ0n) is 10.5. The second-order valence-electron chi connectivity index (χ2n) is 4.88. The highest BCUT2D eigenvalue weighted by Crippen LogP contribution is 2.48. The Morgan fingerprint density at radius 2 is 1.67 bits per heavy atom. The number of hydrogen-bond donors (Lipinski definition) is 1. The molecule has 0 bridgehead atoms. The lowest BCUT2D eigenvalue weighted by molar-refractivity contribution is 0.787. The van der Waals surface area contributed by atoms with Crippen molar-refractivity contribution in [3.8, 4) is 0 Å². The standard InChI is InChI=1S/C11H21N3S/c1-7(2)9-8(3)13-11(12)14-10(9)15(4,5)6/h7H,1-6H3,(H2,12,13,14). The van der Waals surface area contributed by atoms with Crippen LogP contribution < -0.4 is 5.73 Å². The summed E-state index contributed by atoms with van der Waals surface area (Å²) in [6.45, 7) is 6.37. The summed E-state index contributed by atoms with van der Waals surface area (Å²) in [6, 6.07) is 0. The lowest BCUT2D eigenvalue weighted by Gasteiger charge is -2.29. The first-order valence-corrected chi connectivity index (χ1v) is 7.91. The molecule has 0 amide bonds. The van der Waals surface area contributed by atoms with Crippen LogP contribution in [0.4, 0.5) is 5.95 Å². The Morgan fingerprint density at radius 3 is 2.07 bits per heavy atom. The molecule has 0 saturated carbocycles. The Bertz CT molecular complexity index is 367. The van der Waals surface area contributed by atoms with Gasteiger partial charge in [0.1, 0.15) is 0 Å². The molecule has 3 nitrogen and oxygen atoms in total. The third-order valence-electron chi connectivity index (χ3n) is 2.28. The third kappa shape index (κ3) is 2.62. The number of rotatable bonds is 2. The van der Waals surface area contributed by atoms with Crippen LogP contribution in [0.2, 0.25) is 0 Å². The van der Waals surface area contributed by atoms with Crippen molar-refractivity contribution in [2.75, 3.05) is 24.5 Å². The number of nitrogens with two attached hydrogens (primary N) is 1. The van der Waals surface area contributed by atoms with Gasteiger partial charge in [0, 0.05) is 11.3 Å². The maximum Gasteiger partial charge on any atom is 0.221 e. The van der Waals surface area contributed by atoms with Crippen LogP contribution in [-0.4, -0.2) is 28.7 Å². The molecule has 86 valence electrons. The second-order valence-corrected chi connectivity index (χ2v) is 8.94. The highest BCUT2D eigenvalue weighted by molar-refractivity contribution is 8.32. The van der Waals surface area contributed by atoms with Crippen molar-refractivity contribution in [1.29, 1.82) is 0 Å². The first kappa shape index (κ1) is 12.3. The Hall–Kier alpha value is -0.770. The number of hydrogen-bond acceptors (Lipinski definition) is 3. The van der Waals surface area contributed by atoms with Gasteiger partial charge >= 0.3 is 0 Å². The molecule has 4 heteroatoms. The number of nitrogens with zero attached hydrogens (tertiary/aromatic N) is 2. The molecule has 0 aliphatic heterocycles. The van der Waals surface area contributed by atoms with Crippen LogP contribution in [-0.2, 0) is 0 Å². The molecule has 15 heavy (non-hydrogen) atoms. The molecule has 0 saturated heterocycles. The minimum absolute atomic E-state index is 0.398. The van der Waals surface area contributed by atoms with E-state index in [1.807, 2.05) is 6.92 Å². The number of aryl methyl sites for hydroxylation is 1. The third-order valence-corrected chi connectivity index (χ3v) is 3.75. The first-order valence-electron chi connectivity index (χ1n) is 5.06. The van der Waals surface area contributed by atoms with Crippen molar-refractivity contribution >= 4 is 16.0 Å². The molecule has 2 N–H and O–H groups in total. The van der Waals surface area contributed by atoms with E-state index in [1.165, 1.54) is 5.56 Å². The number of nitrogen functional groups attached to an aromatic ring is 1. The molecule has 1 heterocycles. The molecular formula is C11H21N3S. The fraction of sp³-hybridized carbons (Fsp3) is 0.636. The predicted octanol–water partition coefficient (Wildman–Crippen LogP) is 2.54. The van der Waals surface area contributed by atoms with Gasteiger partial charge < -0.3 is 5.73 Å². The Balaban J connectivity index is 3.47. The van der Waals surface area contributed by atoms with E-state index >= 15 is 0 Å².